The molecule has 0 atom stereocenters. The number of ketones is 3. The van der Waals surface area contributed by atoms with Gasteiger partial charge in [-0.1, -0.05) is 166 Å². The zero-order chi connectivity index (χ0) is 99.3. The monoisotopic (exact) mass is 2680 g/mol. The molecule has 9 aliphatic heterocycles. The van der Waals surface area contributed by atoms with Crippen LogP contribution < -0.4 is 0 Å². The van der Waals surface area contributed by atoms with Crippen molar-refractivity contribution in [3.05, 3.63) is 218 Å². The summed E-state index contributed by atoms with van der Waals surface area (Å²) in [5.74, 6) is 4.75. The van der Waals surface area contributed by atoms with Crippen molar-refractivity contribution in [2.45, 2.75) is 387 Å². The minimum absolute atomic E-state index is 0. The molecule has 9 fully saturated rings. The second kappa shape index (κ2) is 64.1. The van der Waals surface area contributed by atoms with E-state index < -0.39 is 11.4 Å². The van der Waals surface area contributed by atoms with Gasteiger partial charge < -0.3 is 71.4 Å². The standard InChI is InChI=1S/C19H25NO4.C19H25NO3.C19H23NO3.C17H21NO2.C15H18O3.C12H15NO.C8H12O3.11CH4.I2.3HI.V/c1-17(2)13-22-16(20-17)14-3-5-15(6-4-14)18(21)7-9-19(10-8-18)23-11-12-24-19;2*1-18(2)13-21-17(20-18)16-5-3-14(4-6-16)15-7-9-19(10-8-15)22-11-12-23-19;1-17(2)11-20-16(18-17)14-5-3-12(4-6-14)13-7-9-15(19)10-8-13;1-2-18-15(17)13-5-3-11(4-6-13)12-7-9-14(16)10-8-12;1-9-4-6-10(7-5-9)11-13-12(2,3)8-14-11;9-7-1-3-8(4-2-7)10-5-6-11-8;;;;;;;;;;;;1-2;;;;/h3-6,21H,7-13H2,1-2H3;3-6,15H,7-13H2,1-2H3;3-7H,8-13H2,1-2H3;3-6,13H,7-11H2,1-2H3;3-6,12H,2,7-10H2,1H3;4-7H,8H2,1-3H3;1-6H2;11*1H4;;3*1H;/q;;;;;;;;;;;;;;;;;;;;;;+3/p-3. The Kier molecular flexibility index (Phi) is 60.2. The molecule has 0 aromatic heterocycles. The fourth-order valence-electron chi connectivity index (χ4n) is 19.4. The van der Waals surface area contributed by atoms with E-state index in [-0.39, 0.29) is 138 Å². The Morgan fingerprint density at radius 3 is 0.887 bits per heavy atom. The van der Waals surface area contributed by atoms with Crippen LogP contribution in [0, 0.1) is 6.92 Å². The van der Waals surface area contributed by atoms with Crippen LogP contribution in [0.2, 0.25) is 0 Å². The predicted molar refractivity (Wildman–Crippen MR) is 656 cm³/mol. The normalized spacial score (nSPS) is 21.8. The second-order valence-electron chi connectivity index (χ2n) is 41.2. The number of allylic oxidation sites excluding steroid dienone is 1. The molecule has 1 N–H and O–H groups in total. The van der Waals surface area contributed by atoms with E-state index in [4.69, 9.17) is 66.3 Å². The summed E-state index contributed by atoms with van der Waals surface area (Å²) in [5.41, 5.74) is 13.2. The molecular weight excluding hydrogens is 2500 g/mol. The molecule has 15 aliphatic rings. The van der Waals surface area contributed by atoms with Gasteiger partial charge in [0, 0.05) is 155 Å². The number of Topliss-reactive ketones (excluding diaryl/α,β-unsaturated/α-hetero) is 3. The van der Waals surface area contributed by atoms with Crippen molar-refractivity contribution in [2.24, 2.45) is 25.0 Å². The number of esters is 1. The first-order valence-electron chi connectivity index (χ1n) is 49.3. The summed E-state index contributed by atoms with van der Waals surface area (Å²) >= 11 is 11.6. The van der Waals surface area contributed by atoms with Crippen molar-refractivity contribution < 1.29 is 95.5 Å². The van der Waals surface area contributed by atoms with Gasteiger partial charge in [-0.05, 0) is 265 Å². The summed E-state index contributed by atoms with van der Waals surface area (Å²) in [6.45, 7) is 33.9. The molecule has 0 unspecified atom stereocenters. The number of aryl methyl sites for hydroxylation is 1. The van der Waals surface area contributed by atoms with Crippen LogP contribution in [0.25, 0.3) is 5.57 Å². The molecule has 6 aromatic rings. The maximum atomic E-state index is 11.5. The van der Waals surface area contributed by atoms with Crippen LogP contribution in [0.1, 0.15) is 395 Å². The molecule has 0 bridgehead atoms. The zero-order valence-electron chi connectivity index (χ0n) is 82.7. The molecule has 21 rings (SSSR count). The third-order valence-electron chi connectivity index (χ3n) is 27.4. The van der Waals surface area contributed by atoms with Crippen LogP contribution in [0.3, 0.4) is 0 Å². The van der Waals surface area contributed by atoms with E-state index in [0.29, 0.717) is 151 Å². The molecule has 842 valence electrons. The van der Waals surface area contributed by atoms with E-state index in [1.807, 2.05) is 48.5 Å². The average Bonchev–Trinajstić information content (AvgIpc) is 1.36. The van der Waals surface area contributed by atoms with Crippen molar-refractivity contribution in [3.8, 4) is 0 Å². The molecular formula is C120H183I5N5O19V. The Bertz CT molecular complexity index is 5220. The van der Waals surface area contributed by atoms with Crippen molar-refractivity contribution in [3.63, 3.8) is 0 Å². The van der Waals surface area contributed by atoms with Gasteiger partial charge in [-0.25, -0.2) is 29.8 Å². The SMILES string of the molecule is C.C.C.C.C.C.C.C.C.C.C.CC1(C)COC(c2ccc(C3(O)CCC4(CC3)OCCO4)cc2)=N1.CC1(C)COC(c2ccc(C3=CCC4(CC3)OCCO4)cc2)=N1.CC1(C)COC(c2ccc(C3CCC(=O)CC3)cc2)=N1.CC1(C)COC(c2ccc(C3CCC4(CC3)OCCO4)cc2)=N1.CCOC(=O)c1ccc(C2CCC(=O)CC2)cc1.Cc1ccc(C2=NC(C)(C)CO2)cc1.II.O=C1CCC2(CC1)OCCO2.[I][V]([I])[I]. The van der Waals surface area contributed by atoms with Crippen LogP contribution in [0.5, 0.6) is 0 Å². The summed E-state index contributed by atoms with van der Waals surface area (Å²) in [6.07, 6.45) is 21.5. The predicted octanol–water partition coefficient (Wildman–Crippen LogP) is 31.3. The van der Waals surface area contributed by atoms with Gasteiger partial charge in [-0.3, -0.25) is 14.4 Å². The van der Waals surface area contributed by atoms with E-state index in [1.165, 1.54) is 33.4 Å². The number of benzene rings is 6. The van der Waals surface area contributed by atoms with Crippen LogP contribution in [0.4, 0.5) is 0 Å². The quantitative estimate of drug-likeness (QED) is 0.0880. The molecule has 6 aliphatic carbocycles. The Balaban J connectivity index is 0.000000584. The number of carbonyl (C=O) groups is 4. The van der Waals surface area contributed by atoms with Crippen LogP contribution >= 0.6 is 97.2 Å². The summed E-state index contributed by atoms with van der Waals surface area (Å²) < 4.78 is 78.8. The van der Waals surface area contributed by atoms with Gasteiger partial charge in [0.1, 0.15) is 50.4 Å². The van der Waals surface area contributed by atoms with Gasteiger partial charge in [0.2, 0.25) is 29.5 Å². The zero-order valence-corrected chi connectivity index (χ0v) is 94.9. The summed E-state index contributed by atoms with van der Waals surface area (Å²) in [7, 11) is 0. The van der Waals surface area contributed by atoms with Gasteiger partial charge in [0.25, 0.3) is 0 Å². The third-order valence-corrected chi connectivity index (χ3v) is 27.4. The van der Waals surface area contributed by atoms with Crippen LogP contribution in [-0.4, -0.2) is 201 Å². The number of nitrogens with zero attached hydrogens (tertiary/aromatic N) is 5. The molecule has 5 saturated carbocycles. The number of ether oxygens (including phenoxy) is 14. The van der Waals surface area contributed by atoms with Gasteiger partial charge in [-0.15, -0.1) is 0 Å². The first-order chi connectivity index (χ1) is 66.4. The average molecular weight is 2690 g/mol. The number of hydrogen-bond donors (Lipinski definition) is 1. The number of aliphatic imine (C=N–C) groups is 5. The van der Waals surface area contributed by atoms with Crippen molar-refractivity contribution in [2.75, 3.05) is 92.5 Å². The second-order valence-corrected chi connectivity index (χ2v) is 76.6. The van der Waals surface area contributed by atoms with Gasteiger partial charge >= 0.3 is 70.8 Å². The molecule has 30 heteroatoms. The fraction of sp³-hybridized carbons (Fsp3) is 0.608. The molecule has 6 aromatic carbocycles. The molecule has 24 nitrogen and oxygen atoms in total. The van der Waals surface area contributed by atoms with Crippen LogP contribution in [-0.2, 0) is 91.2 Å². The maximum absolute atomic E-state index is 11.5. The minimum atomic E-state index is -0.809. The number of carbonyl (C=O) groups excluding carboxylic acids is 4. The Hall–Kier alpha value is -5.24. The first kappa shape index (κ1) is 141. The molecule has 9 heterocycles. The summed E-state index contributed by atoms with van der Waals surface area (Å²) in [5, 5.41) is 11.1. The van der Waals surface area contributed by atoms with Crippen LogP contribution in [0.15, 0.2) is 177 Å². The fourth-order valence-corrected chi connectivity index (χ4v) is 19.4. The van der Waals surface area contributed by atoms with Crippen molar-refractivity contribution in [1.29, 1.82) is 0 Å². The number of rotatable bonds is 12. The van der Waals surface area contributed by atoms with Gasteiger partial charge in [0.15, 0.2) is 23.1 Å². The van der Waals surface area contributed by atoms with E-state index >= 15 is 0 Å². The molecule has 4 spiro atoms. The molecule has 150 heavy (non-hydrogen) atoms. The van der Waals surface area contributed by atoms with Gasteiger partial charge in [-0.2, -0.15) is 0 Å². The molecule has 0 radical (unpaired) electrons. The number of aliphatic hydroxyl groups is 1. The first-order valence-corrected chi connectivity index (χ1v) is 69.1. The Morgan fingerprint density at radius 1 is 0.340 bits per heavy atom. The third kappa shape index (κ3) is 40.9. The molecule has 0 amide bonds. The summed E-state index contributed by atoms with van der Waals surface area (Å²) in [4.78, 5) is 67.6. The summed E-state index contributed by atoms with van der Waals surface area (Å²) in [6, 6.07) is 49.5. The van der Waals surface area contributed by atoms with E-state index in [0.717, 1.165) is 193 Å². The number of hydrogen-bond acceptors (Lipinski definition) is 24. The van der Waals surface area contributed by atoms with Crippen molar-refractivity contribution >= 4 is 156 Å². The van der Waals surface area contributed by atoms with Gasteiger partial charge in [0.05, 0.1) is 98.3 Å². The van der Waals surface area contributed by atoms with E-state index in [9.17, 15) is 24.3 Å². The van der Waals surface area contributed by atoms with E-state index in [2.05, 4.69) is 301 Å². The topological polar surface area (TPSA) is 280 Å². The molecule has 4 saturated heterocycles. The van der Waals surface area contributed by atoms with Crippen molar-refractivity contribution in [1.82, 2.24) is 0 Å². The number of halogens is 5. The Labute approximate surface area is 964 Å². The van der Waals surface area contributed by atoms with E-state index in [1.54, 1.807) is 6.92 Å². The Morgan fingerprint density at radius 2 is 0.593 bits per heavy atom.